The van der Waals surface area contributed by atoms with Crippen LogP contribution in [0.3, 0.4) is 0 Å². The molecule has 0 aliphatic heterocycles. The Kier molecular flexibility index (Phi) is 4.50. The number of rotatable bonds is 1. The number of nitrogens with zero attached hydrogens (tertiary/aromatic N) is 2. The van der Waals surface area contributed by atoms with E-state index >= 15 is 0 Å². The van der Waals surface area contributed by atoms with E-state index in [2.05, 4.69) is 113 Å². The van der Waals surface area contributed by atoms with Crippen LogP contribution >= 0.6 is 0 Å². The second kappa shape index (κ2) is 7.41. The fourth-order valence-corrected chi connectivity index (χ4v) is 6.64. The van der Waals surface area contributed by atoms with Crippen molar-refractivity contribution in [3.05, 3.63) is 83.6 Å². The SMILES string of the molecule is Cc1ccc2c(oc3nc4c5c(ccc4cc32)C(C)(C)CCC5(C)C)c1-c1c2ccccc2cc[n+]1C. The summed E-state index contributed by atoms with van der Waals surface area (Å²) in [4.78, 5) is 5.27. The molecule has 3 heteroatoms. The zero-order valence-corrected chi connectivity index (χ0v) is 22.6. The predicted molar refractivity (Wildman–Crippen MR) is 153 cm³/mol. The number of pyridine rings is 2. The van der Waals surface area contributed by atoms with Crippen LogP contribution in [0.2, 0.25) is 0 Å². The highest BCUT2D eigenvalue weighted by atomic mass is 16.3. The standard InChI is InChI=1S/C34H33N2O/c1-20-11-13-24-25-19-22-12-14-26-28(34(4,5)17-16-33(26,2)3)29(22)35-32(25)37-31(24)27(20)30-23-10-8-7-9-21(23)15-18-36(30)6/h7-15,18-19H,16-17H2,1-6H3/q+1. The summed E-state index contributed by atoms with van der Waals surface area (Å²) in [6, 6.07) is 22.1. The number of aryl methyl sites for hydroxylation is 2. The molecule has 0 saturated heterocycles. The quantitative estimate of drug-likeness (QED) is 0.219. The molecule has 0 N–H and O–H groups in total. The Balaban J connectivity index is 1.59. The molecule has 3 nitrogen and oxygen atoms in total. The fraction of sp³-hybridized carbons (Fsp3) is 0.294. The van der Waals surface area contributed by atoms with Crippen molar-refractivity contribution in [3.63, 3.8) is 0 Å². The van der Waals surface area contributed by atoms with E-state index < -0.39 is 0 Å². The first-order valence-electron chi connectivity index (χ1n) is 13.3. The molecule has 3 aromatic carbocycles. The molecule has 184 valence electrons. The Bertz CT molecular complexity index is 1910. The first-order chi connectivity index (χ1) is 17.7. The summed E-state index contributed by atoms with van der Waals surface area (Å²) in [5, 5.41) is 5.84. The van der Waals surface area contributed by atoms with E-state index in [1.807, 2.05) is 0 Å². The molecule has 0 spiro atoms. The molecule has 3 heterocycles. The summed E-state index contributed by atoms with van der Waals surface area (Å²) in [5.74, 6) is 0. The molecule has 0 radical (unpaired) electrons. The van der Waals surface area contributed by atoms with Gasteiger partial charge >= 0.3 is 0 Å². The van der Waals surface area contributed by atoms with Crippen molar-refractivity contribution in [2.24, 2.45) is 7.05 Å². The van der Waals surface area contributed by atoms with Crippen molar-refractivity contribution in [1.29, 1.82) is 0 Å². The molecule has 7 rings (SSSR count). The maximum absolute atomic E-state index is 6.72. The zero-order chi connectivity index (χ0) is 25.7. The second-order valence-corrected chi connectivity index (χ2v) is 12.3. The number of hydrogen-bond acceptors (Lipinski definition) is 2. The number of furan rings is 1. The average Bonchev–Trinajstić information content (AvgIpc) is 3.23. The Labute approximate surface area is 217 Å². The van der Waals surface area contributed by atoms with E-state index in [0.29, 0.717) is 0 Å². The molecule has 0 fully saturated rings. The van der Waals surface area contributed by atoms with E-state index in [9.17, 15) is 0 Å². The number of benzene rings is 3. The van der Waals surface area contributed by atoms with E-state index in [0.717, 1.165) is 39.6 Å². The van der Waals surface area contributed by atoms with Gasteiger partial charge in [-0.15, -0.1) is 0 Å². The van der Waals surface area contributed by atoms with E-state index in [1.54, 1.807) is 0 Å². The van der Waals surface area contributed by atoms with Crippen LogP contribution in [0.1, 0.15) is 57.2 Å². The smallest absolute Gasteiger partial charge is 0.227 e. The van der Waals surface area contributed by atoms with E-state index in [4.69, 9.17) is 9.40 Å². The van der Waals surface area contributed by atoms with Gasteiger partial charge in [0.2, 0.25) is 11.4 Å². The second-order valence-electron chi connectivity index (χ2n) is 12.3. The fourth-order valence-electron chi connectivity index (χ4n) is 6.64. The maximum atomic E-state index is 6.72. The molecular weight excluding hydrogens is 452 g/mol. The van der Waals surface area contributed by atoms with Crippen LogP contribution in [-0.4, -0.2) is 4.98 Å². The molecule has 0 bridgehead atoms. The Hall–Kier alpha value is -3.72. The molecule has 0 saturated carbocycles. The normalized spacial score (nSPS) is 16.6. The van der Waals surface area contributed by atoms with Crippen molar-refractivity contribution < 1.29 is 8.98 Å². The van der Waals surface area contributed by atoms with Gasteiger partial charge in [-0.2, -0.15) is 0 Å². The third kappa shape index (κ3) is 3.13. The van der Waals surface area contributed by atoms with Gasteiger partial charge in [0.25, 0.3) is 0 Å². The van der Waals surface area contributed by atoms with Gasteiger partial charge < -0.3 is 4.42 Å². The highest BCUT2D eigenvalue weighted by Gasteiger charge is 2.38. The van der Waals surface area contributed by atoms with Gasteiger partial charge in [-0.3, -0.25) is 0 Å². The topological polar surface area (TPSA) is 29.9 Å². The zero-order valence-electron chi connectivity index (χ0n) is 22.6. The van der Waals surface area contributed by atoms with Crippen molar-refractivity contribution in [2.75, 3.05) is 0 Å². The van der Waals surface area contributed by atoms with Crippen LogP contribution in [0.4, 0.5) is 0 Å². The van der Waals surface area contributed by atoms with Crippen molar-refractivity contribution in [2.45, 2.75) is 58.3 Å². The first-order valence-corrected chi connectivity index (χ1v) is 13.3. The van der Waals surface area contributed by atoms with Gasteiger partial charge in [-0.1, -0.05) is 70.2 Å². The molecule has 1 aliphatic carbocycles. The van der Waals surface area contributed by atoms with Gasteiger partial charge in [0.05, 0.1) is 16.5 Å². The monoisotopic (exact) mass is 485 g/mol. The minimum absolute atomic E-state index is 0.0789. The lowest BCUT2D eigenvalue weighted by Gasteiger charge is -2.42. The molecule has 0 unspecified atom stereocenters. The van der Waals surface area contributed by atoms with Crippen molar-refractivity contribution in [3.8, 4) is 11.3 Å². The number of aromatic nitrogens is 2. The summed E-state index contributed by atoms with van der Waals surface area (Å²) in [6.07, 6.45) is 4.49. The molecule has 37 heavy (non-hydrogen) atoms. The van der Waals surface area contributed by atoms with Crippen LogP contribution in [0, 0.1) is 6.92 Å². The predicted octanol–water partition coefficient (Wildman–Crippen LogP) is 8.44. The highest BCUT2D eigenvalue weighted by molar-refractivity contribution is 6.13. The number of fused-ring (bicyclic) bond motifs is 7. The Morgan fingerprint density at radius 3 is 2.43 bits per heavy atom. The van der Waals surface area contributed by atoms with Crippen LogP contribution in [0.5, 0.6) is 0 Å². The lowest BCUT2D eigenvalue weighted by atomic mass is 9.62. The molecule has 0 atom stereocenters. The largest absolute Gasteiger partial charge is 0.437 e. The van der Waals surface area contributed by atoms with Gasteiger partial charge in [0, 0.05) is 22.2 Å². The molecular formula is C34H33N2O+. The molecule has 1 aliphatic rings. The molecule has 6 aromatic rings. The van der Waals surface area contributed by atoms with Gasteiger partial charge in [-0.25, -0.2) is 9.55 Å². The third-order valence-corrected chi connectivity index (χ3v) is 8.87. The molecule has 0 amide bonds. The van der Waals surface area contributed by atoms with E-state index in [-0.39, 0.29) is 10.8 Å². The third-order valence-electron chi connectivity index (χ3n) is 8.87. The summed E-state index contributed by atoms with van der Waals surface area (Å²) >= 11 is 0. The lowest BCUT2D eigenvalue weighted by molar-refractivity contribution is -0.659. The van der Waals surface area contributed by atoms with Gasteiger partial charge in [0.15, 0.2) is 11.8 Å². The van der Waals surface area contributed by atoms with E-state index in [1.165, 1.54) is 45.0 Å². The van der Waals surface area contributed by atoms with Crippen LogP contribution in [0.25, 0.3) is 55.0 Å². The average molecular weight is 486 g/mol. The summed E-state index contributed by atoms with van der Waals surface area (Å²) in [6.45, 7) is 11.6. The Morgan fingerprint density at radius 2 is 1.59 bits per heavy atom. The Morgan fingerprint density at radius 1 is 0.811 bits per heavy atom. The maximum Gasteiger partial charge on any atom is 0.227 e. The van der Waals surface area contributed by atoms with Crippen LogP contribution in [-0.2, 0) is 17.9 Å². The van der Waals surface area contributed by atoms with Gasteiger partial charge in [0.1, 0.15) is 7.05 Å². The van der Waals surface area contributed by atoms with Crippen molar-refractivity contribution >= 4 is 43.7 Å². The minimum Gasteiger partial charge on any atom is -0.437 e. The minimum atomic E-state index is 0.0789. The van der Waals surface area contributed by atoms with Gasteiger partial charge in [-0.05, 0) is 64.8 Å². The summed E-state index contributed by atoms with van der Waals surface area (Å²) in [7, 11) is 2.12. The molecule has 3 aromatic heterocycles. The highest BCUT2D eigenvalue weighted by Crippen LogP contribution is 2.49. The van der Waals surface area contributed by atoms with Crippen LogP contribution < -0.4 is 4.57 Å². The van der Waals surface area contributed by atoms with Crippen molar-refractivity contribution in [1.82, 2.24) is 4.98 Å². The number of hydrogen-bond donors (Lipinski definition) is 0. The van der Waals surface area contributed by atoms with Crippen LogP contribution in [0.15, 0.2) is 71.3 Å². The lowest BCUT2D eigenvalue weighted by Crippen LogP contribution is -2.34. The first kappa shape index (κ1) is 22.5. The summed E-state index contributed by atoms with van der Waals surface area (Å²) < 4.78 is 8.93. The summed E-state index contributed by atoms with van der Waals surface area (Å²) in [5.41, 5.74) is 9.29.